The van der Waals surface area contributed by atoms with Crippen molar-refractivity contribution in [3.8, 4) is 0 Å². The highest BCUT2D eigenvalue weighted by molar-refractivity contribution is 7.80. The van der Waals surface area contributed by atoms with E-state index >= 15 is 0 Å². The molecule has 1 aromatic carbocycles. The molecule has 4 heteroatoms. The predicted molar refractivity (Wildman–Crippen MR) is 79.8 cm³/mol. The second-order valence-corrected chi connectivity index (χ2v) is 4.91. The highest BCUT2D eigenvalue weighted by atomic mass is 32.1. The van der Waals surface area contributed by atoms with Crippen molar-refractivity contribution >= 4 is 28.8 Å². The normalized spacial score (nSPS) is 11.9. The summed E-state index contributed by atoms with van der Waals surface area (Å²) in [6.07, 6.45) is 1.89. The summed E-state index contributed by atoms with van der Waals surface area (Å²) < 4.78 is 0. The number of anilines is 1. The third-order valence-electron chi connectivity index (χ3n) is 3.00. The molecule has 1 amide bonds. The zero-order valence-electron chi connectivity index (χ0n) is 11.1. The number of carbonyl (C=O) groups is 1. The lowest BCUT2D eigenvalue weighted by molar-refractivity contribution is -0.121. The Morgan fingerprint density at radius 3 is 2.61 bits per heavy atom. The van der Waals surface area contributed by atoms with Crippen LogP contribution in [0, 0.1) is 5.92 Å². The van der Waals surface area contributed by atoms with Crippen molar-refractivity contribution in [3.05, 3.63) is 29.8 Å². The average molecular weight is 264 g/mol. The lowest BCUT2D eigenvalue weighted by Crippen LogP contribution is -2.33. The quantitative estimate of drug-likeness (QED) is 0.832. The van der Waals surface area contributed by atoms with Gasteiger partial charge in [0.15, 0.2) is 0 Å². The molecular formula is C14H20N2OS. The fraction of sp³-hybridized carbons (Fsp3) is 0.429. The van der Waals surface area contributed by atoms with Gasteiger partial charge in [-0.1, -0.05) is 44.6 Å². The maximum Gasteiger partial charge on any atom is 0.229 e. The first kappa shape index (κ1) is 14.6. The van der Waals surface area contributed by atoms with Crippen LogP contribution in [0.4, 0.5) is 5.69 Å². The van der Waals surface area contributed by atoms with Gasteiger partial charge in [0, 0.05) is 18.5 Å². The molecular weight excluding hydrogens is 244 g/mol. The molecule has 3 nitrogen and oxygen atoms in total. The largest absolute Gasteiger partial charge is 0.389 e. The highest BCUT2D eigenvalue weighted by Gasteiger charge is 2.20. The van der Waals surface area contributed by atoms with Crippen molar-refractivity contribution in [2.75, 3.05) is 11.9 Å². The Labute approximate surface area is 114 Å². The molecule has 18 heavy (non-hydrogen) atoms. The van der Waals surface area contributed by atoms with Crippen LogP contribution in [-0.2, 0) is 4.79 Å². The number of para-hydroxylation sites is 1. The average Bonchev–Trinajstić information content (AvgIpc) is 2.37. The Kier molecular flexibility index (Phi) is 5.28. The summed E-state index contributed by atoms with van der Waals surface area (Å²) in [6, 6.07) is 7.45. The molecule has 1 rings (SSSR count). The Bertz CT molecular complexity index is 445. The van der Waals surface area contributed by atoms with E-state index in [1.165, 1.54) is 0 Å². The minimum Gasteiger partial charge on any atom is -0.389 e. The van der Waals surface area contributed by atoms with Crippen LogP contribution < -0.4 is 10.6 Å². The zero-order chi connectivity index (χ0) is 13.7. The van der Waals surface area contributed by atoms with Gasteiger partial charge in [-0.05, 0) is 18.6 Å². The molecule has 0 aliphatic heterocycles. The van der Waals surface area contributed by atoms with Crippen LogP contribution in [0.1, 0.15) is 32.3 Å². The highest BCUT2D eigenvalue weighted by Crippen LogP contribution is 2.21. The Balaban J connectivity index is 3.00. The Morgan fingerprint density at radius 1 is 1.44 bits per heavy atom. The summed E-state index contributed by atoms with van der Waals surface area (Å²) in [5, 5.41) is 0. The Hall–Kier alpha value is -1.42. The lowest BCUT2D eigenvalue weighted by atomic mass is 10.0. The van der Waals surface area contributed by atoms with Crippen LogP contribution in [0.2, 0.25) is 0 Å². The predicted octanol–water partition coefficient (Wildman–Crippen LogP) is 2.72. The summed E-state index contributed by atoms with van der Waals surface area (Å²) in [4.78, 5) is 14.2. The van der Waals surface area contributed by atoms with E-state index in [4.69, 9.17) is 18.0 Å². The number of nitrogens with two attached hydrogens (primary N) is 1. The van der Waals surface area contributed by atoms with E-state index in [1.54, 1.807) is 11.9 Å². The maximum absolute atomic E-state index is 12.3. The number of nitrogens with zero attached hydrogens (tertiary/aromatic N) is 1. The van der Waals surface area contributed by atoms with Gasteiger partial charge < -0.3 is 10.6 Å². The van der Waals surface area contributed by atoms with E-state index in [1.807, 2.05) is 31.2 Å². The molecule has 0 saturated carbocycles. The Morgan fingerprint density at radius 2 is 2.06 bits per heavy atom. The van der Waals surface area contributed by atoms with Gasteiger partial charge in [-0.2, -0.15) is 0 Å². The summed E-state index contributed by atoms with van der Waals surface area (Å²) in [5.41, 5.74) is 7.20. The van der Waals surface area contributed by atoms with Crippen molar-refractivity contribution in [1.29, 1.82) is 0 Å². The van der Waals surface area contributed by atoms with Crippen molar-refractivity contribution in [3.63, 3.8) is 0 Å². The van der Waals surface area contributed by atoms with Crippen molar-refractivity contribution in [2.24, 2.45) is 11.7 Å². The summed E-state index contributed by atoms with van der Waals surface area (Å²) in [6.45, 7) is 4.03. The van der Waals surface area contributed by atoms with Gasteiger partial charge in [-0.3, -0.25) is 4.79 Å². The van der Waals surface area contributed by atoms with Crippen LogP contribution >= 0.6 is 12.2 Å². The number of amides is 1. The summed E-state index contributed by atoms with van der Waals surface area (Å²) in [5.74, 6) is 0.111. The third-order valence-corrected chi connectivity index (χ3v) is 3.22. The zero-order valence-corrected chi connectivity index (χ0v) is 12.0. The molecule has 0 saturated heterocycles. The topological polar surface area (TPSA) is 46.3 Å². The van der Waals surface area contributed by atoms with Gasteiger partial charge in [0.25, 0.3) is 0 Å². The third kappa shape index (κ3) is 3.29. The minimum atomic E-state index is 0.0133. The summed E-state index contributed by atoms with van der Waals surface area (Å²) >= 11 is 5.01. The molecule has 1 unspecified atom stereocenters. The van der Waals surface area contributed by atoms with Crippen molar-refractivity contribution < 1.29 is 4.79 Å². The lowest BCUT2D eigenvalue weighted by Gasteiger charge is -2.23. The van der Waals surface area contributed by atoms with Crippen molar-refractivity contribution in [2.45, 2.75) is 26.7 Å². The van der Waals surface area contributed by atoms with Crippen molar-refractivity contribution in [1.82, 2.24) is 0 Å². The number of carbonyl (C=O) groups excluding carboxylic acids is 1. The molecule has 0 bridgehead atoms. The molecule has 0 aliphatic carbocycles. The molecule has 0 spiro atoms. The molecule has 0 fully saturated rings. The van der Waals surface area contributed by atoms with Gasteiger partial charge >= 0.3 is 0 Å². The number of hydrogen-bond acceptors (Lipinski definition) is 2. The smallest absolute Gasteiger partial charge is 0.229 e. The number of rotatable bonds is 5. The fourth-order valence-corrected chi connectivity index (χ4v) is 2.15. The second-order valence-electron chi connectivity index (χ2n) is 4.47. The molecule has 1 atom stereocenters. The minimum absolute atomic E-state index is 0.0133. The van der Waals surface area contributed by atoms with E-state index in [0.717, 1.165) is 24.1 Å². The van der Waals surface area contributed by atoms with Crippen LogP contribution in [0.5, 0.6) is 0 Å². The molecule has 0 heterocycles. The summed E-state index contributed by atoms with van der Waals surface area (Å²) in [7, 11) is 1.77. The van der Waals surface area contributed by atoms with Gasteiger partial charge in [0.2, 0.25) is 5.91 Å². The number of benzene rings is 1. The van der Waals surface area contributed by atoms with E-state index in [2.05, 4.69) is 6.92 Å². The molecule has 98 valence electrons. The first-order chi connectivity index (χ1) is 8.49. The molecule has 0 aliphatic rings. The van der Waals surface area contributed by atoms with Gasteiger partial charge in [-0.25, -0.2) is 0 Å². The van der Waals surface area contributed by atoms with Crippen LogP contribution in [0.25, 0.3) is 0 Å². The molecule has 0 radical (unpaired) electrons. The van der Waals surface area contributed by atoms with Crippen LogP contribution in [0.15, 0.2) is 24.3 Å². The molecule has 2 N–H and O–H groups in total. The van der Waals surface area contributed by atoms with E-state index in [0.29, 0.717) is 4.99 Å². The van der Waals surface area contributed by atoms with E-state index < -0.39 is 0 Å². The number of hydrogen-bond donors (Lipinski definition) is 1. The first-order valence-corrected chi connectivity index (χ1v) is 6.56. The monoisotopic (exact) mass is 264 g/mol. The van der Waals surface area contributed by atoms with Gasteiger partial charge in [-0.15, -0.1) is 0 Å². The molecule has 1 aromatic rings. The van der Waals surface area contributed by atoms with E-state index in [9.17, 15) is 4.79 Å². The number of thiocarbonyl (C=S) groups is 1. The maximum atomic E-state index is 12.3. The fourth-order valence-electron chi connectivity index (χ4n) is 1.98. The van der Waals surface area contributed by atoms with Gasteiger partial charge in [0.05, 0.1) is 5.69 Å². The SMILES string of the molecule is CCCC(C)C(=O)N(C)c1ccccc1C(N)=S. The van der Waals surface area contributed by atoms with Crippen LogP contribution in [-0.4, -0.2) is 17.9 Å². The van der Waals surface area contributed by atoms with Crippen LogP contribution in [0.3, 0.4) is 0 Å². The standard InChI is InChI=1S/C14H20N2OS/c1-4-7-10(2)14(17)16(3)12-9-6-5-8-11(12)13(15)18/h5-6,8-10H,4,7H2,1-3H3,(H2,15,18). The van der Waals surface area contributed by atoms with Gasteiger partial charge in [0.1, 0.15) is 4.99 Å². The first-order valence-electron chi connectivity index (χ1n) is 6.15. The second kappa shape index (κ2) is 6.50. The molecule has 0 aromatic heterocycles. The van der Waals surface area contributed by atoms with E-state index in [-0.39, 0.29) is 11.8 Å².